The quantitative estimate of drug-likeness (QED) is 0.832. The Hall–Kier alpha value is -1.95. The molecule has 1 aliphatic carbocycles. The van der Waals surface area contributed by atoms with Crippen molar-refractivity contribution in [1.29, 1.82) is 0 Å². The van der Waals surface area contributed by atoms with Gasteiger partial charge in [-0.3, -0.25) is 4.79 Å². The van der Waals surface area contributed by atoms with Crippen LogP contribution in [0.25, 0.3) is 0 Å². The topological polar surface area (TPSA) is 66.9 Å². The lowest BCUT2D eigenvalue weighted by Gasteiger charge is -2.18. The number of fused-ring (bicyclic) bond motifs is 1. The minimum atomic E-state index is 0.0304. The normalized spacial score (nSPS) is 16.9. The Morgan fingerprint density at radius 3 is 3.00 bits per heavy atom. The van der Waals surface area contributed by atoms with Crippen LogP contribution in [0.2, 0.25) is 0 Å². The summed E-state index contributed by atoms with van der Waals surface area (Å²) in [7, 11) is 0. The molecule has 0 aliphatic heterocycles. The predicted molar refractivity (Wildman–Crippen MR) is 88.4 cm³/mol. The molecule has 0 radical (unpaired) electrons. The van der Waals surface area contributed by atoms with Gasteiger partial charge in [-0.25, -0.2) is 9.97 Å². The predicted octanol–water partition coefficient (Wildman–Crippen LogP) is 2.50. The van der Waals surface area contributed by atoms with Crippen molar-refractivity contribution in [3.63, 3.8) is 0 Å². The Morgan fingerprint density at radius 2 is 2.18 bits per heavy atom. The van der Waals surface area contributed by atoms with Gasteiger partial charge in [-0.2, -0.15) is 0 Å². The van der Waals surface area contributed by atoms with Crippen LogP contribution in [-0.4, -0.2) is 29.0 Å². The van der Waals surface area contributed by atoms with Crippen molar-refractivity contribution in [3.8, 4) is 0 Å². The summed E-state index contributed by atoms with van der Waals surface area (Å²) in [5.74, 6) is 1.35. The van der Waals surface area contributed by atoms with Crippen molar-refractivity contribution < 1.29 is 4.79 Å². The van der Waals surface area contributed by atoms with E-state index in [1.54, 1.807) is 29.8 Å². The van der Waals surface area contributed by atoms with E-state index in [-0.39, 0.29) is 5.91 Å². The van der Waals surface area contributed by atoms with Crippen molar-refractivity contribution >= 4 is 23.2 Å². The molecule has 0 unspecified atom stereocenters. The van der Waals surface area contributed by atoms with Gasteiger partial charge in [-0.15, -0.1) is 11.3 Å². The van der Waals surface area contributed by atoms with E-state index in [4.69, 9.17) is 0 Å². The molecule has 0 saturated heterocycles. The Morgan fingerprint density at radius 1 is 1.36 bits per heavy atom. The van der Waals surface area contributed by atoms with Gasteiger partial charge in [0.2, 0.25) is 5.95 Å². The highest BCUT2D eigenvalue weighted by Crippen LogP contribution is 2.32. The SMILES string of the molecule is C[C@H]1CCc2c(C(=O)NCCNc3ncccn3)csc2C1. The minimum Gasteiger partial charge on any atom is -0.352 e. The monoisotopic (exact) mass is 316 g/mol. The number of aromatic nitrogens is 2. The highest BCUT2D eigenvalue weighted by atomic mass is 32.1. The first-order valence-corrected chi connectivity index (χ1v) is 8.50. The smallest absolute Gasteiger partial charge is 0.252 e. The molecule has 0 saturated carbocycles. The molecule has 2 N–H and O–H groups in total. The molecule has 22 heavy (non-hydrogen) atoms. The van der Waals surface area contributed by atoms with E-state index < -0.39 is 0 Å². The minimum absolute atomic E-state index is 0.0304. The first-order valence-electron chi connectivity index (χ1n) is 7.62. The average molecular weight is 316 g/mol. The zero-order valence-electron chi connectivity index (χ0n) is 12.6. The number of hydrogen-bond donors (Lipinski definition) is 2. The molecule has 5 nitrogen and oxygen atoms in total. The number of carbonyl (C=O) groups excluding carboxylic acids is 1. The zero-order chi connectivity index (χ0) is 15.4. The number of carbonyl (C=O) groups is 1. The van der Waals surface area contributed by atoms with Crippen LogP contribution in [0.1, 0.15) is 34.1 Å². The van der Waals surface area contributed by atoms with E-state index in [0.29, 0.717) is 19.0 Å². The Labute approximate surface area is 134 Å². The van der Waals surface area contributed by atoms with Crippen LogP contribution in [-0.2, 0) is 12.8 Å². The first kappa shape index (κ1) is 15.0. The second kappa shape index (κ2) is 6.87. The van der Waals surface area contributed by atoms with Crippen LogP contribution in [0.15, 0.2) is 23.8 Å². The van der Waals surface area contributed by atoms with Crippen LogP contribution in [0.5, 0.6) is 0 Å². The third kappa shape index (κ3) is 3.44. The maximum Gasteiger partial charge on any atom is 0.252 e. The Bertz CT molecular complexity index is 641. The number of nitrogens with one attached hydrogen (secondary N) is 2. The second-order valence-electron chi connectivity index (χ2n) is 5.65. The highest BCUT2D eigenvalue weighted by Gasteiger charge is 2.22. The molecule has 116 valence electrons. The third-order valence-electron chi connectivity index (χ3n) is 3.91. The maximum atomic E-state index is 12.3. The standard InChI is InChI=1S/C16H20N4OS/c1-11-3-4-12-13(10-22-14(12)9-11)15(21)17-7-8-20-16-18-5-2-6-19-16/h2,5-6,10-11H,3-4,7-9H2,1H3,(H,17,21)(H,18,19,20)/t11-/m0/s1. The maximum absolute atomic E-state index is 12.3. The van der Waals surface area contributed by atoms with Crippen molar-refractivity contribution in [2.45, 2.75) is 26.2 Å². The molecule has 1 amide bonds. The lowest BCUT2D eigenvalue weighted by Crippen LogP contribution is -2.29. The third-order valence-corrected chi connectivity index (χ3v) is 4.96. The molecule has 3 rings (SSSR count). The van der Waals surface area contributed by atoms with Gasteiger partial charge in [0.05, 0.1) is 5.56 Å². The van der Waals surface area contributed by atoms with E-state index in [2.05, 4.69) is 27.5 Å². The van der Waals surface area contributed by atoms with Crippen LogP contribution >= 0.6 is 11.3 Å². The summed E-state index contributed by atoms with van der Waals surface area (Å²) < 4.78 is 0. The molecule has 1 aliphatic rings. The fourth-order valence-electron chi connectivity index (χ4n) is 2.70. The van der Waals surface area contributed by atoms with E-state index >= 15 is 0 Å². The summed E-state index contributed by atoms with van der Waals surface area (Å²) in [5, 5.41) is 8.05. The highest BCUT2D eigenvalue weighted by molar-refractivity contribution is 7.10. The zero-order valence-corrected chi connectivity index (χ0v) is 13.4. The van der Waals surface area contributed by atoms with Gasteiger partial charge < -0.3 is 10.6 Å². The van der Waals surface area contributed by atoms with Crippen LogP contribution in [0.4, 0.5) is 5.95 Å². The molecule has 2 aromatic heterocycles. The molecule has 2 heterocycles. The molecular weight excluding hydrogens is 296 g/mol. The molecule has 0 spiro atoms. The van der Waals surface area contributed by atoms with Gasteiger partial charge in [0, 0.05) is 35.7 Å². The Balaban J connectivity index is 1.50. The van der Waals surface area contributed by atoms with Gasteiger partial charge in [-0.1, -0.05) is 6.92 Å². The average Bonchev–Trinajstić information content (AvgIpc) is 2.95. The van der Waals surface area contributed by atoms with E-state index in [9.17, 15) is 4.79 Å². The molecule has 2 aromatic rings. The summed E-state index contributed by atoms with van der Waals surface area (Å²) in [6.07, 6.45) is 6.69. The summed E-state index contributed by atoms with van der Waals surface area (Å²) in [6.45, 7) is 3.44. The van der Waals surface area contributed by atoms with E-state index in [1.165, 1.54) is 16.9 Å². The van der Waals surface area contributed by atoms with Crippen molar-refractivity contribution in [2.75, 3.05) is 18.4 Å². The number of rotatable bonds is 5. The molecule has 6 heteroatoms. The molecule has 0 bridgehead atoms. The number of nitrogens with zero attached hydrogens (tertiary/aromatic N) is 2. The van der Waals surface area contributed by atoms with Gasteiger partial charge in [0.15, 0.2) is 0 Å². The fraction of sp³-hybridized carbons (Fsp3) is 0.438. The molecular formula is C16H20N4OS. The summed E-state index contributed by atoms with van der Waals surface area (Å²) in [5.41, 5.74) is 2.13. The van der Waals surface area contributed by atoms with Crippen molar-refractivity contribution in [1.82, 2.24) is 15.3 Å². The molecule has 1 atom stereocenters. The van der Waals surface area contributed by atoms with Crippen LogP contribution in [0, 0.1) is 5.92 Å². The van der Waals surface area contributed by atoms with Crippen LogP contribution < -0.4 is 10.6 Å². The number of amides is 1. The van der Waals surface area contributed by atoms with Gasteiger partial charge in [0.25, 0.3) is 5.91 Å². The molecule has 0 fully saturated rings. The number of thiophene rings is 1. The summed E-state index contributed by atoms with van der Waals surface area (Å²) in [6, 6.07) is 1.77. The molecule has 0 aromatic carbocycles. The largest absolute Gasteiger partial charge is 0.352 e. The summed E-state index contributed by atoms with van der Waals surface area (Å²) in [4.78, 5) is 21.8. The number of anilines is 1. The Kier molecular flexibility index (Phi) is 4.68. The lowest BCUT2D eigenvalue weighted by molar-refractivity contribution is 0.0954. The van der Waals surface area contributed by atoms with E-state index in [1.807, 2.05) is 5.38 Å². The first-order chi connectivity index (χ1) is 10.7. The van der Waals surface area contributed by atoms with Crippen LogP contribution in [0.3, 0.4) is 0 Å². The van der Waals surface area contributed by atoms with Gasteiger partial charge >= 0.3 is 0 Å². The fourth-order valence-corrected chi connectivity index (χ4v) is 3.95. The van der Waals surface area contributed by atoms with Gasteiger partial charge in [-0.05, 0) is 36.8 Å². The van der Waals surface area contributed by atoms with Crippen molar-refractivity contribution in [2.24, 2.45) is 5.92 Å². The van der Waals surface area contributed by atoms with E-state index in [0.717, 1.165) is 24.3 Å². The lowest BCUT2D eigenvalue weighted by atomic mass is 9.88. The number of hydrogen-bond acceptors (Lipinski definition) is 5. The van der Waals surface area contributed by atoms with Gasteiger partial charge in [0.1, 0.15) is 0 Å². The second-order valence-corrected chi connectivity index (χ2v) is 6.62. The summed E-state index contributed by atoms with van der Waals surface area (Å²) >= 11 is 1.72. The van der Waals surface area contributed by atoms with Crippen molar-refractivity contribution in [3.05, 3.63) is 39.8 Å².